The lowest BCUT2D eigenvalue weighted by molar-refractivity contribution is -0.126. The summed E-state index contributed by atoms with van der Waals surface area (Å²) in [6.07, 6.45) is 0. The minimum absolute atomic E-state index is 0.0627. The number of nitrogens with zero attached hydrogens (tertiary/aromatic N) is 1. The van der Waals surface area contributed by atoms with Crippen LogP contribution in [-0.4, -0.2) is 11.9 Å². The Morgan fingerprint density at radius 1 is 1.05 bits per heavy atom. The van der Waals surface area contributed by atoms with E-state index in [9.17, 15) is 4.79 Å². The van der Waals surface area contributed by atoms with Gasteiger partial charge in [0.1, 0.15) is 6.04 Å². The fourth-order valence-corrected chi connectivity index (χ4v) is 2.81. The first-order valence-corrected chi connectivity index (χ1v) is 7.35. The number of benzene rings is 2. The average Bonchev–Trinajstić information content (AvgIpc) is 2.46. The number of carbonyl (C=O) groups excluding carboxylic acids is 1. The van der Waals surface area contributed by atoms with E-state index in [0.29, 0.717) is 5.02 Å². The van der Waals surface area contributed by atoms with Gasteiger partial charge in [-0.2, -0.15) is 0 Å². The van der Waals surface area contributed by atoms with E-state index in [1.807, 2.05) is 48.5 Å². The molecule has 102 valence electrons. The Morgan fingerprint density at radius 2 is 1.65 bits per heavy atom. The van der Waals surface area contributed by atoms with Gasteiger partial charge in [-0.05, 0) is 42.0 Å². The van der Waals surface area contributed by atoms with Crippen molar-refractivity contribution in [3.63, 3.8) is 0 Å². The fraction of sp³-hybridized carbons (Fsp3) is 0.133. The largest absolute Gasteiger partial charge is 0.318 e. The molecule has 5 heteroatoms. The minimum atomic E-state index is -0.500. The van der Waals surface area contributed by atoms with Crippen LogP contribution in [0.1, 0.15) is 11.6 Å². The highest BCUT2D eigenvalue weighted by atomic mass is 79.9. The Kier molecular flexibility index (Phi) is 3.54. The molecule has 2 N–H and O–H groups in total. The molecule has 1 amide bonds. The van der Waals surface area contributed by atoms with Crippen LogP contribution in [0, 0.1) is 0 Å². The maximum atomic E-state index is 12.1. The van der Waals surface area contributed by atoms with Gasteiger partial charge in [0.2, 0.25) is 5.91 Å². The van der Waals surface area contributed by atoms with Crippen LogP contribution in [0.15, 0.2) is 53.0 Å². The zero-order valence-electron chi connectivity index (χ0n) is 10.5. The first-order valence-electron chi connectivity index (χ1n) is 6.17. The summed E-state index contributed by atoms with van der Waals surface area (Å²) in [5.74, 6) is -0.0627. The third-order valence-electron chi connectivity index (χ3n) is 3.46. The van der Waals surface area contributed by atoms with Crippen LogP contribution in [0.25, 0.3) is 0 Å². The van der Waals surface area contributed by atoms with Crippen molar-refractivity contribution in [3.8, 4) is 0 Å². The van der Waals surface area contributed by atoms with Gasteiger partial charge in [-0.25, -0.2) is 0 Å². The van der Waals surface area contributed by atoms with Gasteiger partial charge in [0.15, 0.2) is 0 Å². The molecule has 2 aromatic rings. The normalized spacial score (nSPS) is 21.8. The number of carbonyl (C=O) groups is 1. The highest BCUT2D eigenvalue weighted by Crippen LogP contribution is 2.38. The highest BCUT2D eigenvalue weighted by Gasteiger charge is 2.46. The zero-order valence-corrected chi connectivity index (χ0v) is 12.8. The van der Waals surface area contributed by atoms with Crippen molar-refractivity contribution in [2.24, 2.45) is 5.73 Å². The van der Waals surface area contributed by atoms with Gasteiger partial charge in [0.05, 0.1) is 6.04 Å². The maximum Gasteiger partial charge on any atom is 0.247 e. The summed E-state index contributed by atoms with van der Waals surface area (Å²) >= 11 is 9.28. The van der Waals surface area contributed by atoms with Crippen molar-refractivity contribution >= 4 is 39.1 Å². The van der Waals surface area contributed by atoms with E-state index in [1.165, 1.54) is 0 Å². The molecule has 1 saturated heterocycles. The van der Waals surface area contributed by atoms with Crippen molar-refractivity contribution < 1.29 is 4.79 Å². The number of rotatable bonds is 2. The fourth-order valence-electron chi connectivity index (χ4n) is 2.42. The highest BCUT2D eigenvalue weighted by molar-refractivity contribution is 9.10. The molecule has 0 unspecified atom stereocenters. The van der Waals surface area contributed by atoms with Crippen molar-refractivity contribution in [3.05, 3.63) is 63.6 Å². The summed E-state index contributed by atoms with van der Waals surface area (Å²) < 4.78 is 0.974. The van der Waals surface area contributed by atoms with E-state index in [0.717, 1.165) is 15.7 Å². The molecule has 0 spiro atoms. The second kappa shape index (κ2) is 5.20. The van der Waals surface area contributed by atoms with Crippen molar-refractivity contribution in [1.29, 1.82) is 0 Å². The maximum absolute atomic E-state index is 12.1. The molecular formula is C15H12BrClN2O. The molecule has 0 bridgehead atoms. The van der Waals surface area contributed by atoms with Crippen LogP contribution in [0.2, 0.25) is 5.02 Å². The molecule has 2 atom stereocenters. The van der Waals surface area contributed by atoms with Crippen LogP contribution in [-0.2, 0) is 4.79 Å². The van der Waals surface area contributed by atoms with E-state index >= 15 is 0 Å². The SMILES string of the molecule is N[C@@H]1C(=O)N(c2ccc(Br)cc2)[C@H]1c1ccc(Cl)cc1. The third kappa shape index (κ3) is 2.24. The number of nitrogens with two attached hydrogens (primary N) is 1. The van der Waals surface area contributed by atoms with E-state index in [1.54, 1.807) is 4.90 Å². The molecule has 0 radical (unpaired) electrons. The Balaban J connectivity index is 1.95. The number of halogens is 2. The standard InChI is InChI=1S/C15H12BrClN2O/c16-10-3-7-12(8-4-10)19-14(13(18)15(19)20)9-1-5-11(17)6-2-9/h1-8,13-14H,18H2/t13-,14-/m0/s1. The van der Waals surface area contributed by atoms with E-state index in [-0.39, 0.29) is 11.9 Å². The van der Waals surface area contributed by atoms with Gasteiger partial charge in [-0.3, -0.25) is 4.79 Å². The molecule has 1 fully saturated rings. The van der Waals surface area contributed by atoms with Crippen LogP contribution in [0.5, 0.6) is 0 Å². The third-order valence-corrected chi connectivity index (χ3v) is 4.24. The molecule has 1 aliphatic heterocycles. The van der Waals surface area contributed by atoms with Gasteiger partial charge in [-0.15, -0.1) is 0 Å². The molecule has 0 aromatic heterocycles. The number of anilines is 1. The molecule has 3 nitrogen and oxygen atoms in total. The van der Waals surface area contributed by atoms with Gasteiger partial charge < -0.3 is 10.6 Å². The number of β-lactam (4-membered cyclic amide) rings is 1. The van der Waals surface area contributed by atoms with Crippen LogP contribution in [0.4, 0.5) is 5.69 Å². The van der Waals surface area contributed by atoms with Gasteiger partial charge >= 0.3 is 0 Å². The van der Waals surface area contributed by atoms with Gasteiger partial charge in [0.25, 0.3) is 0 Å². The van der Waals surface area contributed by atoms with Crippen molar-refractivity contribution in [1.82, 2.24) is 0 Å². The first kappa shape index (κ1) is 13.6. The Bertz CT molecular complexity index is 642. The Hall–Kier alpha value is -1.36. The van der Waals surface area contributed by atoms with Crippen LogP contribution in [0.3, 0.4) is 0 Å². The lowest BCUT2D eigenvalue weighted by Gasteiger charge is -2.45. The number of hydrogen-bond donors (Lipinski definition) is 1. The molecular weight excluding hydrogens is 340 g/mol. The topological polar surface area (TPSA) is 46.3 Å². The molecule has 3 rings (SSSR count). The van der Waals surface area contributed by atoms with E-state index in [4.69, 9.17) is 17.3 Å². The summed E-state index contributed by atoms with van der Waals surface area (Å²) in [6.45, 7) is 0. The summed E-state index contributed by atoms with van der Waals surface area (Å²) in [6, 6.07) is 14.4. The van der Waals surface area contributed by atoms with Gasteiger partial charge in [-0.1, -0.05) is 39.7 Å². The zero-order chi connectivity index (χ0) is 14.3. The van der Waals surface area contributed by atoms with E-state index < -0.39 is 6.04 Å². The molecule has 2 aromatic carbocycles. The first-order chi connectivity index (χ1) is 9.58. The summed E-state index contributed by atoms with van der Waals surface area (Å²) in [5, 5.41) is 0.670. The molecule has 0 aliphatic carbocycles. The second-order valence-corrected chi connectivity index (χ2v) is 6.06. The predicted molar refractivity (Wildman–Crippen MR) is 83.8 cm³/mol. The van der Waals surface area contributed by atoms with Crippen LogP contribution < -0.4 is 10.6 Å². The summed E-state index contributed by atoms with van der Waals surface area (Å²) in [7, 11) is 0. The monoisotopic (exact) mass is 350 g/mol. The predicted octanol–water partition coefficient (Wildman–Crippen LogP) is 3.52. The Labute approximate surface area is 130 Å². The van der Waals surface area contributed by atoms with E-state index in [2.05, 4.69) is 15.9 Å². The Morgan fingerprint density at radius 3 is 2.25 bits per heavy atom. The summed E-state index contributed by atoms with van der Waals surface area (Å²) in [4.78, 5) is 13.8. The van der Waals surface area contributed by atoms with Gasteiger partial charge in [0, 0.05) is 15.2 Å². The average molecular weight is 352 g/mol. The smallest absolute Gasteiger partial charge is 0.247 e. The number of amides is 1. The number of hydrogen-bond acceptors (Lipinski definition) is 2. The lowest BCUT2D eigenvalue weighted by atomic mass is 9.88. The lowest BCUT2D eigenvalue weighted by Crippen LogP contribution is -2.63. The van der Waals surface area contributed by atoms with Crippen molar-refractivity contribution in [2.45, 2.75) is 12.1 Å². The summed E-state index contributed by atoms with van der Waals surface area (Å²) in [5.41, 5.74) is 7.80. The molecule has 20 heavy (non-hydrogen) atoms. The second-order valence-electron chi connectivity index (χ2n) is 4.71. The molecule has 0 saturated carbocycles. The molecule has 1 aliphatic rings. The molecule has 1 heterocycles. The van der Waals surface area contributed by atoms with Crippen LogP contribution >= 0.6 is 27.5 Å². The minimum Gasteiger partial charge on any atom is -0.318 e. The van der Waals surface area contributed by atoms with Crippen molar-refractivity contribution in [2.75, 3.05) is 4.90 Å². The quantitative estimate of drug-likeness (QED) is 0.842.